The van der Waals surface area contributed by atoms with Crippen LogP contribution in [0.3, 0.4) is 0 Å². The van der Waals surface area contributed by atoms with E-state index in [1.807, 2.05) is 21.1 Å². The van der Waals surface area contributed by atoms with E-state index in [1.165, 1.54) is 109 Å². The van der Waals surface area contributed by atoms with Gasteiger partial charge in [-0.05, 0) is 70.6 Å². The molecule has 0 saturated heterocycles. The maximum Gasteiger partial charge on any atom is 0.472 e. The minimum Gasteiger partial charge on any atom is -0.462 e. The Labute approximate surface area is 431 Å². The molecule has 0 spiro atoms. The maximum absolute atomic E-state index is 12.8. The van der Waals surface area contributed by atoms with Crippen LogP contribution < -0.4 is 0 Å². The van der Waals surface area contributed by atoms with Crippen LogP contribution in [-0.2, 0) is 32.7 Å². The van der Waals surface area contributed by atoms with Crippen molar-refractivity contribution in [2.24, 2.45) is 0 Å². The second-order valence-electron chi connectivity index (χ2n) is 19.9. The number of carbonyl (C=O) groups is 2. The van der Waals surface area contributed by atoms with Crippen LogP contribution in [-0.4, -0.2) is 74.9 Å². The number of phosphoric ester groups is 1. The number of nitrogens with zero attached hydrogens (tertiary/aromatic N) is 1. The molecular formula is C60H107NO8P+. The molecule has 0 fully saturated rings. The second kappa shape index (κ2) is 51.1. The molecule has 70 heavy (non-hydrogen) atoms. The lowest BCUT2D eigenvalue weighted by Gasteiger charge is -2.24. The van der Waals surface area contributed by atoms with E-state index in [-0.39, 0.29) is 32.0 Å². The fraction of sp³-hybridized carbons (Fsp3) is 0.733. The molecule has 0 aliphatic heterocycles. The van der Waals surface area contributed by atoms with Gasteiger partial charge in [0.25, 0.3) is 0 Å². The molecule has 0 aromatic carbocycles. The average molecular weight is 1000 g/mol. The molecule has 0 amide bonds. The van der Waals surface area contributed by atoms with Crippen LogP contribution in [0.15, 0.2) is 85.1 Å². The molecule has 1 N–H and O–H groups in total. The largest absolute Gasteiger partial charge is 0.472 e. The third-order valence-corrected chi connectivity index (χ3v) is 12.9. The molecule has 2 atom stereocenters. The molecule has 0 bridgehead atoms. The molecule has 2 unspecified atom stereocenters. The summed E-state index contributed by atoms with van der Waals surface area (Å²) in [5.74, 6) is -0.808. The molecule has 0 aliphatic carbocycles. The predicted octanol–water partition coefficient (Wildman–Crippen LogP) is 17.5. The summed E-state index contributed by atoms with van der Waals surface area (Å²) < 4.78 is 34.5. The van der Waals surface area contributed by atoms with E-state index >= 15 is 0 Å². The number of phosphoric acid groups is 1. The lowest BCUT2D eigenvalue weighted by molar-refractivity contribution is -0.870. The Morgan fingerprint density at radius 1 is 0.457 bits per heavy atom. The molecule has 9 nitrogen and oxygen atoms in total. The van der Waals surface area contributed by atoms with E-state index in [9.17, 15) is 19.0 Å². The van der Waals surface area contributed by atoms with E-state index in [0.29, 0.717) is 17.4 Å². The smallest absolute Gasteiger partial charge is 0.462 e. The molecule has 10 heteroatoms. The second-order valence-corrected chi connectivity index (χ2v) is 21.4. The van der Waals surface area contributed by atoms with Crippen molar-refractivity contribution in [3.8, 4) is 0 Å². The Morgan fingerprint density at radius 2 is 0.814 bits per heavy atom. The number of esters is 2. The lowest BCUT2D eigenvalue weighted by atomic mass is 10.0. The van der Waals surface area contributed by atoms with Gasteiger partial charge >= 0.3 is 19.8 Å². The van der Waals surface area contributed by atoms with Crippen LogP contribution in [0, 0.1) is 0 Å². The van der Waals surface area contributed by atoms with Gasteiger partial charge in [0.1, 0.15) is 19.8 Å². The number of hydrogen-bond acceptors (Lipinski definition) is 7. The number of carbonyl (C=O) groups excluding carboxylic acids is 2. The van der Waals surface area contributed by atoms with Gasteiger partial charge in [-0.15, -0.1) is 0 Å². The van der Waals surface area contributed by atoms with Gasteiger partial charge in [0, 0.05) is 12.8 Å². The fourth-order valence-electron chi connectivity index (χ4n) is 7.58. The van der Waals surface area contributed by atoms with E-state index in [0.717, 1.165) is 89.9 Å². The average Bonchev–Trinajstić information content (AvgIpc) is 3.32. The number of quaternary nitrogens is 1. The lowest BCUT2D eigenvalue weighted by Crippen LogP contribution is -2.37. The van der Waals surface area contributed by atoms with Gasteiger partial charge < -0.3 is 18.9 Å². The number of allylic oxidation sites excluding steroid dienone is 14. The number of hydrogen-bond donors (Lipinski definition) is 1. The highest BCUT2D eigenvalue weighted by atomic mass is 31.2. The van der Waals surface area contributed by atoms with Crippen molar-refractivity contribution in [3.63, 3.8) is 0 Å². The van der Waals surface area contributed by atoms with Crippen molar-refractivity contribution in [1.82, 2.24) is 0 Å². The molecule has 0 aliphatic rings. The molecule has 0 saturated carbocycles. The van der Waals surface area contributed by atoms with Gasteiger partial charge in [0.15, 0.2) is 6.10 Å². The molecule has 404 valence electrons. The first-order chi connectivity index (χ1) is 34.0. The number of ether oxygens (including phenoxy) is 2. The Morgan fingerprint density at radius 3 is 1.21 bits per heavy atom. The number of unbranched alkanes of at least 4 members (excludes halogenated alkanes) is 23. The molecule has 0 heterocycles. The Hall–Kier alpha value is -2.81. The van der Waals surface area contributed by atoms with Crippen molar-refractivity contribution in [2.75, 3.05) is 47.5 Å². The zero-order valence-electron chi connectivity index (χ0n) is 45.7. The zero-order chi connectivity index (χ0) is 51.3. The summed E-state index contributed by atoms with van der Waals surface area (Å²) >= 11 is 0. The summed E-state index contributed by atoms with van der Waals surface area (Å²) in [6.07, 6.45) is 67.8. The summed E-state index contributed by atoms with van der Waals surface area (Å²) in [6.45, 7) is 4.32. The number of rotatable bonds is 51. The quantitative estimate of drug-likeness (QED) is 0.0211. The fourth-order valence-corrected chi connectivity index (χ4v) is 8.33. The third kappa shape index (κ3) is 54.5. The van der Waals surface area contributed by atoms with Crippen LogP contribution in [0.25, 0.3) is 0 Å². The molecule has 0 aromatic heterocycles. The van der Waals surface area contributed by atoms with Crippen LogP contribution in [0.1, 0.15) is 232 Å². The first-order valence-corrected chi connectivity index (χ1v) is 29.8. The predicted molar refractivity (Wildman–Crippen MR) is 298 cm³/mol. The molecule has 0 rings (SSSR count). The topological polar surface area (TPSA) is 108 Å². The number of likely N-dealkylation sites (N-methyl/N-ethyl adjacent to an activating group) is 1. The zero-order valence-corrected chi connectivity index (χ0v) is 46.6. The minimum atomic E-state index is -4.39. The van der Waals surface area contributed by atoms with E-state index in [4.69, 9.17) is 18.5 Å². The highest BCUT2D eigenvalue weighted by molar-refractivity contribution is 7.47. The summed E-state index contributed by atoms with van der Waals surface area (Å²) in [4.78, 5) is 35.6. The third-order valence-electron chi connectivity index (χ3n) is 11.9. The van der Waals surface area contributed by atoms with Gasteiger partial charge in [-0.2, -0.15) is 0 Å². The Kier molecular flexibility index (Phi) is 49.1. The first kappa shape index (κ1) is 67.2. The summed E-state index contributed by atoms with van der Waals surface area (Å²) in [7, 11) is 1.46. The van der Waals surface area contributed by atoms with Gasteiger partial charge in [-0.25, -0.2) is 4.57 Å². The van der Waals surface area contributed by atoms with Crippen molar-refractivity contribution < 1.29 is 42.1 Å². The highest BCUT2D eigenvalue weighted by Gasteiger charge is 2.27. The van der Waals surface area contributed by atoms with Crippen LogP contribution in [0.4, 0.5) is 0 Å². The van der Waals surface area contributed by atoms with E-state index < -0.39 is 26.5 Å². The van der Waals surface area contributed by atoms with Gasteiger partial charge in [0.2, 0.25) is 0 Å². The maximum atomic E-state index is 12.8. The summed E-state index contributed by atoms with van der Waals surface area (Å²) in [5, 5.41) is 0. The summed E-state index contributed by atoms with van der Waals surface area (Å²) in [6, 6.07) is 0. The highest BCUT2D eigenvalue weighted by Crippen LogP contribution is 2.43. The van der Waals surface area contributed by atoms with Crippen molar-refractivity contribution >= 4 is 19.8 Å². The van der Waals surface area contributed by atoms with Gasteiger partial charge in [-0.3, -0.25) is 18.6 Å². The van der Waals surface area contributed by atoms with Gasteiger partial charge in [0.05, 0.1) is 27.7 Å². The van der Waals surface area contributed by atoms with Crippen molar-refractivity contribution in [2.45, 2.75) is 238 Å². The van der Waals surface area contributed by atoms with Crippen molar-refractivity contribution in [3.05, 3.63) is 85.1 Å². The van der Waals surface area contributed by atoms with Crippen molar-refractivity contribution in [1.29, 1.82) is 0 Å². The van der Waals surface area contributed by atoms with E-state index in [1.54, 1.807) is 0 Å². The SMILES string of the molecule is CC/C=C\C/C=C\C/C=C\C/C=C\C/C=C\C/C=C\C/C=C\CCCCCCCCCC(=O)OC(COC(=O)CCCCCCCCCCCCCCCCCCC)COP(=O)(O)OCC[N+](C)(C)C. The molecular weight excluding hydrogens is 894 g/mol. The van der Waals surface area contributed by atoms with Crippen LogP contribution in [0.5, 0.6) is 0 Å². The Balaban J connectivity index is 4.22. The molecule has 0 radical (unpaired) electrons. The minimum absolute atomic E-state index is 0.0266. The van der Waals surface area contributed by atoms with Gasteiger partial charge in [-0.1, -0.05) is 234 Å². The summed E-state index contributed by atoms with van der Waals surface area (Å²) in [5.41, 5.74) is 0. The monoisotopic (exact) mass is 1000 g/mol. The molecule has 0 aromatic rings. The van der Waals surface area contributed by atoms with E-state index in [2.05, 4.69) is 98.9 Å². The van der Waals surface area contributed by atoms with Crippen LogP contribution >= 0.6 is 7.82 Å². The normalized spacial score (nSPS) is 14.0. The Bertz CT molecular complexity index is 1460. The standard InChI is InChI=1S/C60H106NO8P/c1-6-8-10-12-14-16-18-20-22-24-25-26-27-28-29-30-31-32-33-34-35-37-39-41-43-45-47-49-51-53-60(63)69-58(57-68-70(64,65)67-55-54-61(3,4)5)56-66-59(62)52-50-48-46-44-42-40-38-36-23-21-19-17-15-13-11-9-7-2/h8,10,14,16,20,22,25-26,28-29,31-32,34-35,58H,6-7,9,11-13,15,17-19,21,23-24,27,30,33,36-57H2,1-5H3/p+1/b10-8-,16-14-,22-20-,26-25-,29-28-,32-31-,35-34-. The first-order valence-electron chi connectivity index (χ1n) is 28.3. The van der Waals surface area contributed by atoms with Crippen LogP contribution in [0.2, 0.25) is 0 Å².